The van der Waals surface area contributed by atoms with Crippen molar-refractivity contribution in [1.82, 2.24) is 0 Å². The van der Waals surface area contributed by atoms with Crippen molar-refractivity contribution >= 4 is 5.97 Å². The molecule has 3 N–H and O–H groups in total. The lowest BCUT2D eigenvalue weighted by atomic mass is 10.0. The van der Waals surface area contributed by atoms with E-state index in [1.54, 1.807) is 6.92 Å². The number of hydrogen-bond acceptors (Lipinski definition) is 5. The van der Waals surface area contributed by atoms with Gasteiger partial charge < -0.3 is 20.1 Å². The van der Waals surface area contributed by atoms with Crippen LogP contribution >= 0.6 is 0 Å². The highest BCUT2D eigenvalue weighted by atomic mass is 16.6. The smallest absolute Gasteiger partial charge is 0.334 e. The summed E-state index contributed by atoms with van der Waals surface area (Å²) in [6, 6.07) is 0. The lowest BCUT2D eigenvalue weighted by Crippen LogP contribution is -2.43. The van der Waals surface area contributed by atoms with Gasteiger partial charge >= 0.3 is 5.97 Å². The van der Waals surface area contributed by atoms with Gasteiger partial charge in [0.25, 0.3) is 0 Å². The summed E-state index contributed by atoms with van der Waals surface area (Å²) in [5, 5.41) is 27.8. The molecule has 1 heterocycles. The molecule has 80 valence electrons. The van der Waals surface area contributed by atoms with Gasteiger partial charge in [-0.2, -0.15) is 0 Å². The highest BCUT2D eigenvalue weighted by Gasteiger charge is 2.34. The van der Waals surface area contributed by atoms with Gasteiger partial charge in [0, 0.05) is 5.57 Å². The number of ether oxygens (including phenoxy) is 1. The first-order valence-corrected chi connectivity index (χ1v) is 4.37. The quantitative estimate of drug-likeness (QED) is 0.509. The number of rotatable bonds is 3. The molecule has 0 aliphatic carbocycles. The number of carbonyl (C=O) groups excluding carboxylic acids is 1. The van der Waals surface area contributed by atoms with Gasteiger partial charge in [0.05, 0.1) is 6.10 Å². The topological polar surface area (TPSA) is 87.0 Å². The van der Waals surface area contributed by atoms with Gasteiger partial charge in [-0.25, -0.2) is 4.79 Å². The minimum Gasteiger partial charge on any atom is -0.452 e. The van der Waals surface area contributed by atoms with Gasteiger partial charge in [0.1, 0.15) is 18.3 Å². The average molecular weight is 202 g/mol. The van der Waals surface area contributed by atoms with Crippen LogP contribution in [0.3, 0.4) is 0 Å². The first-order chi connectivity index (χ1) is 6.43. The lowest BCUT2D eigenvalue weighted by molar-refractivity contribution is -0.150. The summed E-state index contributed by atoms with van der Waals surface area (Å²) in [5.41, 5.74) is 0.395. The van der Waals surface area contributed by atoms with E-state index in [0.29, 0.717) is 5.57 Å². The number of cyclic esters (lactones) is 1. The minimum absolute atomic E-state index is 0.395. The number of aliphatic hydroxyl groups is 3. The molecular weight excluding hydrogens is 188 g/mol. The fourth-order valence-corrected chi connectivity index (χ4v) is 1.21. The Hall–Kier alpha value is -0.910. The maximum Gasteiger partial charge on any atom is 0.334 e. The Morgan fingerprint density at radius 1 is 1.43 bits per heavy atom. The Balaban J connectivity index is 2.64. The van der Waals surface area contributed by atoms with Crippen LogP contribution in [0.4, 0.5) is 0 Å². The molecule has 0 fully saturated rings. The largest absolute Gasteiger partial charge is 0.452 e. The Morgan fingerprint density at radius 2 is 2.00 bits per heavy atom. The zero-order valence-electron chi connectivity index (χ0n) is 8.04. The first-order valence-electron chi connectivity index (χ1n) is 4.37. The molecule has 4 atom stereocenters. The van der Waals surface area contributed by atoms with Gasteiger partial charge in [0.2, 0.25) is 0 Å². The van der Waals surface area contributed by atoms with Gasteiger partial charge in [-0.05, 0) is 19.9 Å². The van der Waals surface area contributed by atoms with Gasteiger partial charge in [-0.1, -0.05) is 0 Å². The summed E-state index contributed by atoms with van der Waals surface area (Å²) in [5.74, 6) is -0.508. The van der Waals surface area contributed by atoms with Crippen molar-refractivity contribution in [2.75, 3.05) is 0 Å². The van der Waals surface area contributed by atoms with Crippen LogP contribution in [0.15, 0.2) is 11.6 Å². The number of hydrogen-bond donors (Lipinski definition) is 3. The third-order valence-electron chi connectivity index (χ3n) is 2.16. The van der Waals surface area contributed by atoms with Gasteiger partial charge in [-0.3, -0.25) is 0 Å². The summed E-state index contributed by atoms with van der Waals surface area (Å²) >= 11 is 0. The Labute approximate surface area is 81.6 Å². The van der Waals surface area contributed by atoms with Crippen molar-refractivity contribution in [2.24, 2.45) is 0 Å². The predicted octanol–water partition coefficient (Wildman–Crippen LogP) is -1.04. The Morgan fingerprint density at radius 3 is 2.36 bits per heavy atom. The molecule has 0 saturated heterocycles. The molecular formula is C9H14O5. The van der Waals surface area contributed by atoms with Gasteiger partial charge in [0.15, 0.2) is 0 Å². The molecule has 5 nitrogen and oxygen atoms in total. The summed E-state index contributed by atoms with van der Waals surface area (Å²) < 4.78 is 4.75. The Bertz CT molecular complexity index is 258. The van der Waals surface area contributed by atoms with Crippen LogP contribution in [0.25, 0.3) is 0 Å². The third kappa shape index (κ3) is 2.12. The highest BCUT2D eigenvalue weighted by molar-refractivity contribution is 5.90. The predicted molar refractivity (Wildman–Crippen MR) is 47.3 cm³/mol. The van der Waals surface area contributed by atoms with Crippen molar-refractivity contribution in [1.29, 1.82) is 0 Å². The van der Waals surface area contributed by atoms with Crippen molar-refractivity contribution in [3.8, 4) is 0 Å². The first kappa shape index (κ1) is 11.2. The number of aliphatic hydroxyl groups excluding tert-OH is 3. The van der Waals surface area contributed by atoms with Crippen LogP contribution in [0, 0.1) is 0 Å². The van der Waals surface area contributed by atoms with Crippen LogP contribution in [-0.2, 0) is 9.53 Å². The zero-order chi connectivity index (χ0) is 10.9. The molecule has 1 aliphatic rings. The van der Waals surface area contributed by atoms with Gasteiger partial charge in [-0.15, -0.1) is 0 Å². The van der Waals surface area contributed by atoms with E-state index in [0.717, 1.165) is 0 Å². The normalized spacial score (nSPS) is 27.9. The second kappa shape index (κ2) is 4.08. The average Bonchev–Trinajstić information content (AvgIpc) is 2.44. The summed E-state index contributed by atoms with van der Waals surface area (Å²) in [6.07, 6.45) is -3.13. The molecule has 0 unspecified atom stereocenters. The molecule has 1 rings (SSSR count). The molecule has 0 spiro atoms. The summed E-state index contributed by atoms with van der Waals surface area (Å²) in [6.45, 7) is 2.91. The fourth-order valence-electron chi connectivity index (χ4n) is 1.21. The van der Waals surface area contributed by atoms with Crippen molar-refractivity contribution < 1.29 is 24.9 Å². The lowest BCUT2D eigenvalue weighted by Gasteiger charge is -2.23. The third-order valence-corrected chi connectivity index (χ3v) is 2.16. The second-order valence-corrected chi connectivity index (χ2v) is 3.44. The molecule has 0 amide bonds. The van der Waals surface area contributed by atoms with E-state index >= 15 is 0 Å². The van der Waals surface area contributed by atoms with Crippen LogP contribution in [-0.4, -0.2) is 45.7 Å². The molecule has 0 saturated carbocycles. The van der Waals surface area contributed by atoms with E-state index in [9.17, 15) is 15.0 Å². The molecule has 14 heavy (non-hydrogen) atoms. The van der Waals surface area contributed by atoms with Crippen molar-refractivity contribution in [3.05, 3.63) is 11.6 Å². The second-order valence-electron chi connectivity index (χ2n) is 3.44. The zero-order valence-corrected chi connectivity index (χ0v) is 8.04. The van der Waals surface area contributed by atoms with E-state index in [-0.39, 0.29) is 0 Å². The highest BCUT2D eigenvalue weighted by Crippen LogP contribution is 2.18. The van der Waals surface area contributed by atoms with Crippen LogP contribution in [0.5, 0.6) is 0 Å². The van der Waals surface area contributed by atoms with E-state index in [1.165, 1.54) is 13.0 Å². The molecule has 0 aromatic carbocycles. The molecule has 0 aromatic rings. The standard InChI is InChI=1S/C9H14O5/c1-4-3-6(14-9(4)13)8(12)7(11)5(2)10/h3,5-8,10-12H,1-2H3/t5-,6-,7-,8-/m1/s1. The van der Waals surface area contributed by atoms with E-state index < -0.39 is 30.4 Å². The molecule has 5 heteroatoms. The van der Waals surface area contributed by atoms with Crippen LogP contribution < -0.4 is 0 Å². The van der Waals surface area contributed by atoms with Crippen molar-refractivity contribution in [2.45, 2.75) is 38.3 Å². The Kier molecular flexibility index (Phi) is 3.25. The van der Waals surface area contributed by atoms with Crippen LogP contribution in [0.2, 0.25) is 0 Å². The molecule has 0 aromatic heterocycles. The monoisotopic (exact) mass is 202 g/mol. The summed E-state index contributed by atoms with van der Waals surface area (Å²) in [4.78, 5) is 10.9. The molecule has 1 aliphatic heterocycles. The molecule has 0 radical (unpaired) electrons. The van der Waals surface area contributed by atoms with Crippen molar-refractivity contribution in [3.63, 3.8) is 0 Å². The SMILES string of the molecule is CC1=C[C@H]([C@@H](O)[C@H](O)[C@@H](C)O)OC1=O. The summed E-state index contributed by atoms with van der Waals surface area (Å²) in [7, 11) is 0. The van der Waals surface area contributed by atoms with E-state index in [1.807, 2.05) is 0 Å². The minimum atomic E-state index is -1.32. The maximum atomic E-state index is 10.9. The molecule has 0 bridgehead atoms. The van der Waals surface area contributed by atoms with E-state index in [4.69, 9.17) is 9.84 Å². The number of esters is 1. The van der Waals surface area contributed by atoms with E-state index in [2.05, 4.69) is 0 Å². The number of carbonyl (C=O) groups is 1. The maximum absolute atomic E-state index is 10.9. The fraction of sp³-hybridized carbons (Fsp3) is 0.667. The van der Waals surface area contributed by atoms with Crippen LogP contribution in [0.1, 0.15) is 13.8 Å².